The lowest BCUT2D eigenvalue weighted by Gasteiger charge is -2.14. The summed E-state index contributed by atoms with van der Waals surface area (Å²) in [5, 5.41) is 3.16. The third-order valence-electron chi connectivity index (χ3n) is 4.60. The number of rotatable bonds is 7. The highest BCUT2D eigenvalue weighted by molar-refractivity contribution is 7.92. The topological polar surface area (TPSA) is 93.2 Å². The second kappa shape index (κ2) is 8.71. The van der Waals surface area contributed by atoms with Crippen molar-refractivity contribution in [1.82, 2.24) is 9.97 Å². The molecule has 2 N–H and O–H groups in total. The Morgan fingerprint density at radius 1 is 0.933 bits per heavy atom. The lowest BCUT2D eigenvalue weighted by molar-refractivity contribution is 0.396. The van der Waals surface area contributed by atoms with Crippen LogP contribution in [0.25, 0.3) is 0 Å². The fourth-order valence-electron chi connectivity index (χ4n) is 2.95. The molecule has 1 heterocycles. The van der Waals surface area contributed by atoms with E-state index in [0.717, 1.165) is 11.3 Å². The van der Waals surface area contributed by atoms with E-state index in [1.807, 2.05) is 26.0 Å². The summed E-state index contributed by atoms with van der Waals surface area (Å²) in [5.74, 6) is 1.89. The van der Waals surface area contributed by atoms with Crippen LogP contribution in [0.2, 0.25) is 0 Å². The van der Waals surface area contributed by atoms with Gasteiger partial charge in [-0.15, -0.1) is 0 Å². The third-order valence-corrected chi connectivity index (χ3v) is 6.12. The predicted molar refractivity (Wildman–Crippen MR) is 119 cm³/mol. The van der Waals surface area contributed by atoms with Crippen LogP contribution in [0.4, 0.5) is 17.2 Å². The van der Waals surface area contributed by atoms with Crippen LogP contribution < -0.4 is 14.8 Å². The van der Waals surface area contributed by atoms with Crippen LogP contribution in [0.3, 0.4) is 0 Å². The Hall–Kier alpha value is -3.13. The molecule has 0 amide bonds. The van der Waals surface area contributed by atoms with Gasteiger partial charge in [0.2, 0.25) is 5.88 Å². The molecule has 2 aromatic carbocycles. The molecule has 7 nitrogen and oxygen atoms in total. The van der Waals surface area contributed by atoms with Gasteiger partial charge in [-0.1, -0.05) is 26.0 Å². The highest BCUT2D eigenvalue weighted by Gasteiger charge is 2.18. The fraction of sp³-hybridized carbons (Fsp3) is 0.273. The molecule has 30 heavy (non-hydrogen) atoms. The van der Waals surface area contributed by atoms with Gasteiger partial charge in [0.15, 0.2) is 0 Å². The average molecular weight is 427 g/mol. The number of benzene rings is 2. The standard InChI is InChI=1S/C22H26N4O3S/c1-14(2)17-7-6-15(3)20(12-17)30(27,28)26-19-10-8-18(9-11-19)25-21-13-22(29-5)24-16(4)23-21/h6-14,26H,1-5H3,(H,23,24,25). The zero-order chi connectivity index (χ0) is 21.9. The number of nitrogens with one attached hydrogen (secondary N) is 2. The first-order chi connectivity index (χ1) is 14.2. The fourth-order valence-corrected chi connectivity index (χ4v) is 4.29. The van der Waals surface area contributed by atoms with Gasteiger partial charge in [0.1, 0.15) is 11.6 Å². The molecule has 158 valence electrons. The second-order valence-electron chi connectivity index (χ2n) is 7.33. The van der Waals surface area contributed by atoms with Crippen LogP contribution in [-0.4, -0.2) is 25.5 Å². The van der Waals surface area contributed by atoms with Crippen molar-refractivity contribution >= 4 is 27.2 Å². The molecular formula is C22H26N4O3S. The Morgan fingerprint density at radius 2 is 1.60 bits per heavy atom. The third kappa shape index (κ3) is 5.07. The van der Waals surface area contributed by atoms with E-state index >= 15 is 0 Å². The number of nitrogens with zero attached hydrogens (tertiary/aromatic N) is 2. The van der Waals surface area contributed by atoms with Crippen molar-refractivity contribution in [2.75, 3.05) is 17.1 Å². The van der Waals surface area contributed by atoms with Gasteiger partial charge >= 0.3 is 0 Å². The largest absolute Gasteiger partial charge is 0.481 e. The van der Waals surface area contributed by atoms with Crippen molar-refractivity contribution in [1.29, 1.82) is 0 Å². The summed E-state index contributed by atoms with van der Waals surface area (Å²) in [6.07, 6.45) is 0. The zero-order valence-corrected chi connectivity index (χ0v) is 18.5. The Balaban J connectivity index is 1.79. The van der Waals surface area contributed by atoms with E-state index in [9.17, 15) is 8.42 Å². The number of aryl methyl sites for hydroxylation is 2. The van der Waals surface area contributed by atoms with E-state index in [1.165, 1.54) is 0 Å². The van der Waals surface area contributed by atoms with Gasteiger partial charge in [-0.3, -0.25) is 4.72 Å². The molecule has 0 aliphatic rings. The van der Waals surface area contributed by atoms with Gasteiger partial charge in [0, 0.05) is 17.4 Å². The van der Waals surface area contributed by atoms with E-state index in [1.54, 1.807) is 57.4 Å². The van der Waals surface area contributed by atoms with Crippen molar-refractivity contribution in [3.05, 3.63) is 65.5 Å². The Morgan fingerprint density at radius 3 is 2.23 bits per heavy atom. The minimum atomic E-state index is -3.69. The summed E-state index contributed by atoms with van der Waals surface area (Å²) in [5.41, 5.74) is 2.93. The van der Waals surface area contributed by atoms with E-state index in [0.29, 0.717) is 33.7 Å². The summed E-state index contributed by atoms with van der Waals surface area (Å²) in [4.78, 5) is 8.76. The number of anilines is 3. The smallest absolute Gasteiger partial charge is 0.262 e. The molecule has 0 radical (unpaired) electrons. The number of hydrogen-bond acceptors (Lipinski definition) is 6. The molecular weight excluding hydrogens is 400 g/mol. The lowest BCUT2D eigenvalue weighted by Crippen LogP contribution is -2.14. The molecule has 1 aromatic heterocycles. The monoisotopic (exact) mass is 426 g/mol. The van der Waals surface area contributed by atoms with Crippen molar-refractivity contribution in [3.8, 4) is 5.88 Å². The van der Waals surface area contributed by atoms with Gasteiger partial charge in [0.05, 0.1) is 12.0 Å². The Bertz CT molecular complexity index is 1140. The SMILES string of the molecule is COc1cc(Nc2ccc(NS(=O)(=O)c3cc(C(C)C)ccc3C)cc2)nc(C)n1. The van der Waals surface area contributed by atoms with E-state index in [4.69, 9.17) is 4.74 Å². The molecule has 0 aliphatic carbocycles. The van der Waals surface area contributed by atoms with Crippen LogP contribution in [-0.2, 0) is 10.0 Å². The minimum absolute atomic E-state index is 0.244. The van der Waals surface area contributed by atoms with Crippen LogP contribution in [0.15, 0.2) is 53.4 Å². The number of hydrogen-bond donors (Lipinski definition) is 2. The van der Waals surface area contributed by atoms with E-state index in [-0.39, 0.29) is 5.92 Å². The normalized spacial score (nSPS) is 11.4. The average Bonchev–Trinajstić information content (AvgIpc) is 2.68. The number of sulfonamides is 1. The van der Waals surface area contributed by atoms with Crippen LogP contribution >= 0.6 is 0 Å². The predicted octanol–water partition coefficient (Wildman–Crippen LogP) is 4.77. The molecule has 0 saturated carbocycles. The van der Waals surface area contributed by atoms with Gasteiger partial charge in [-0.25, -0.2) is 13.4 Å². The minimum Gasteiger partial charge on any atom is -0.481 e. The van der Waals surface area contributed by atoms with Crippen LogP contribution in [0.5, 0.6) is 5.88 Å². The summed E-state index contributed by atoms with van der Waals surface area (Å²) in [7, 11) is -2.15. The van der Waals surface area contributed by atoms with E-state index in [2.05, 4.69) is 20.0 Å². The quantitative estimate of drug-likeness (QED) is 0.565. The van der Waals surface area contributed by atoms with Gasteiger partial charge in [0.25, 0.3) is 10.0 Å². The summed E-state index contributed by atoms with van der Waals surface area (Å²) in [6.45, 7) is 7.65. The maximum atomic E-state index is 12.9. The molecule has 0 spiro atoms. The molecule has 0 saturated heterocycles. The molecule has 3 rings (SSSR count). The molecule has 3 aromatic rings. The highest BCUT2D eigenvalue weighted by Crippen LogP contribution is 2.25. The molecule has 8 heteroatoms. The van der Waals surface area contributed by atoms with E-state index < -0.39 is 10.0 Å². The first kappa shape index (κ1) is 21.6. The van der Waals surface area contributed by atoms with Crippen molar-refractivity contribution in [2.24, 2.45) is 0 Å². The molecule has 0 fully saturated rings. The first-order valence-corrected chi connectivity index (χ1v) is 11.1. The molecule has 0 atom stereocenters. The first-order valence-electron chi connectivity index (χ1n) is 9.58. The second-order valence-corrected chi connectivity index (χ2v) is 8.98. The maximum Gasteiger partial charge on any atom is 0.262 e. The Labute approximate surface area is 177 Å². The van der Waals surface area contributed by atoms with Gasteiger partial charge < -0.3 is 10.1 Å². The molecule has 0 unspecified atom stereocenters. The summed E-state index contributed by atoms with van der Waals surface area (Å²) >= 11 is 0. The molecule has 0 bridgehead atoms. The van der Waals surface area contributed by atoms with Crippen LogP contribution in [0.1, 0.15) is 36.7 Å². The summed E-state index contributed by atoms with van der Waals surface area (Å²) < 4.78 is 33.7. The van der Waals surface area contributed by atoms with Crippen molar-refractivity contribution in [2.45, 2.75) is 38.5 Å². The van der Waals surface area contributed by atoms with Crippen LogP contribution in [0, 0.1) is 13.8 Å². The van der Waals surface area contributed by atoms with Crippen molar-refractivity contribution in [3.63, 3.8) is 0 Å². The number of aromatic nitrogens is 2. The maximum absolute atomic E-state index is 12.9. The number of methoxy groups -OCH3 is 1. The lowest BCUT2D eigenvalue weighted by atomic mass is 10.0. The van der Waals surface area contributed by atoms with Crippen molar-refractivity contribution < 1.29 is 13.2 Å². The molecule has 0 aliphatic heterocycles. The van der Waals surface area contributed by atoms with Gasteiger partial charge in [-0.2, -0.15) is 4.98 Å². The highest BCUT2D eigenvalue weighted by atomic mass is 32.2. The van der Waals surface area contributed by atoms with Gasteiger partial charge in [-0.05, 0) is 61.2 Å². The zero-order valence-electron chi connectivity index (χ0n) is 17.7. The summed E-state index contributed by atoms with van der Waals surface area (Å²) in [6, 6.07) is 14.2. The Kier molecular flexibility index (Phi) is 6.26. The number of ether oxygens (including phenoxy) is 1.